The molecule has 1 aromatic heterocycles. The summed E-state index contributed by atoms with van der Waals surface area (Å²) in [5.41, 5.74) is 4.87. The lowest BCUT2D eigenvalue weighted by Crippen LogP contribution is -2.13. The Morgan fingerprint density at radius 1 is 1.69 bits per heavy atom. The van der Waals surface area contributed by atoms with Gasteiger partial charge in [-0.3, -0.25) is 0 Å². The molecule has 2 N–H and O–H groups in total. The van der Waals surface area contributed by atoms with E-state index in [4.69, 9.17) is 5.73 Å². The molecule has 0 fully saturated rings. The van der Waals surface area contributed by atoms with Crippen LogP contribution in [-0.4, -0.2) is 18.1 Å². The Kier molecular flexibility index (Phi) is 4.54. The van der Waals surface area contributed by atoms with Crippen LogP contribution >= 0.6 is 22.6 Å². The minimum Gasteiger partial charge on any atom is -0.465 e. The third-order valence-electron chi connectivity index (χ3n) is 1.88. The summed E-state index contributed by atoms with van der Waals surface area (Å²) in [6.07, 6.45) is -2.84. The Morgan fingerprint density at radius 3 is 2.75 bits per heavy atom. The first-order valence-corrected chi connectivity index (χ1v) is 5.35. The molecule has 0 aliphatic carbocycles. The van der Waals surface area contributed by atoms with Crippen LogP contribution in [0.4, 0.5) is 8.78 Å². The summed E-state index contributed by atoms with van der Waals surface area (Å²) >= 11 is 1.88. The quantitative estimate of drug-likeness (QED) is 0.673. The van der Waals surface area contributed by atoms with Crippen LogP contribution in [0.3, 0.4) is 0 Å². The second-order valence-corrected chi connectivity index (χ2v) is 4.01. The van der Waals surface area contributed by atoms with Crippen molar-refractivity contribution in [3.05, 3.63) is 26.6 Å². The van der Waals surface area contributed by atoms with Gasteiger partial charge in [0.25, 0.3) is 6.43 Å². The number of esters is 1. The first kappa shape index (κ1) is 13.2. The van der Waals surface area contributed by atoms with Crippen molar-refractivity contribution in [1.29, 1.82) is 0 Å². The van der Waals surface area contributed by atoms with Crippen LogP contribution in [0.2, 0.25) is 0 Å². The maximum Gasteiger partial charge on any atom is 0.339 e. The van der Waals surface area contributed by atoms with Gasteiger partial charge in [-0.05, 0) is 28.7 Å². The molecule has 0 unspecified atom stereocenters. The summed E-state index contributed by atoms with van der Waals surface area (Å²) in [6, 6.07) is 1.31. The number of hydrogen-bond donors (Lipinski definition) is 1. The van der Waals surface area contributed by atoms with Gasteiger partial charge in [0, 0.05) is 10.1 Å². The predicted octanol–water partition coefficient (Wildman–Crippen LogP) is 1.87. The zero-order valence-corrected chi connectivity index (χ0v) is 10.5. The van der Waals surface area contributed by atoms with Gasteiger partial charge in [-0.15, -0.1) is 0 Å². The van der Waals surface area contributed by atoms with Crippen LogP contribution in [-0.2, 0) is 11.3 Å². The maximum absolute atomic E-state index is 12.7. The highest BCUT2D eigenvalue weighted by atomic mass is 127. The average molecular weight is 342 g/mol. The number of methoxy groups -OCH3 is 1. The summed E-state index contributed by atoms with van der Waals surface area (Å²) in [5, 5.41) is 0. The normalized spacial score (nSPS) is 10.6. The average Bonchev–Trinajstić information content (AvgIpc) is 2.27. The Bertz CT molecular complexity index is 413. The Labute approximate surface area is 104 Å². The second-order valence-electron chi connectivity index (χ2n) is 2.85. The number of hydrogen-bond acceptors (Lipinski definition) is 4. The van der Waals surface area contributed by atoms with Gasteiger partial charge in [0.15, 0.2) is 0 Å². The number of carbonyl (C=O) groups excluding carboxylic acids is 1. The van der Waals surface area contributed by atoms with Gasteiger partial charge in [0.2, 0.25) is 0 Å². The first-order valence-electron chi connectivity index (χ1n) is 4.27. The van der Waals surface area contributed by atoms with E-state index in [9.17, 15) is 13.6 Å². The second kappa shape index (κ2) is 5.48. The Hall–Kier alpha value is -0.830. The third kappa shape index (κ3) is 2.64. The van der Waals surface area contributed by atoms with Crippen LogP contribution in [0.15, 0.2) is 6.07 Å². The number of halogens is 3. The van der Waals surface area contributed by atoms with E-state index in [-0.39, 0.29) is 12.1 Å². The molecule has 1 aromatic rings. The number of rotatable bonds is 3. The van der Waals surface area contributed by atoms with E-state index in [0.717, 1.165) is 7.11 Å². The summed E-state index contributed by atoms with van der Waals surface area (Å²) < 4.78 is 30.3. The van der Waals surface area contributed by atoms with E-state index < -0.39 is 18.1 Å². The lowest BCUT2D eigenvalue weighted by Gasteiger charge is -2.09. The molecule has 4 nitrogen and oxygen atoms in total. The van der Waals surface area contributed by atoms with Gasteiger partial charge in [-0.2, -0.15) is 0 Å². The van der Waals surface area contributed by atoms with Crippen molar-refractivity contribution in [3.8, 4) is 0 Å². The molecule has 0 aromatic carbocycles. The number of nitrogens with two attached hydrogens (primary N) is 1. The van der Waals surface area contributed by atoms with Crippen molar-refractivity contribution in [1.82, 2.24) is 4.98 Å². The molecule has 1 heterocycles. The predicted molar refractivity (Wildman–Crippen MR) is 61.1 cm³/mol. The van der Waals surface area contributed by atoms with Crippen LogP contribution in [0.5, 0.6) is 0 Å². The minimum atomic E-state index is -2.84. The molecular formula is C9H9F2IN2O2. The van der Waals surface area contributed by atoms with Crippen molar-refractivity contribution < 1.29 is 18.3 Å². The molecule has 0 saturated heterocycles. The SMILES string of the molecule is COC(=O)c1cc(I)c(CN)nc1C(F)F. The summed E-state index contributed by atoms with van der Waals surface area (Å²) in [6.45, 7) is 0.0411. The highest BCUT2D eigenvalue weighted by Gasteiger charge is 2.22. The molecular weight excluding hydrogens is 333 g/mol. The van der Waals surface area contributed by atoms with Crippen LogP contribution < -0.4 is 5.73 Å². The van der Waals surface area contributed by atoms with Crippen LogP contribution in [0.25, 0.3) is 0 Å². The van der Waals surface area contributed by atoms with Gasteiger partial charge in [0.05, 0.1) is 18.4 Å². The number of aromatic nitrogens is 1. The van der Waals surface area contributed by atoms with E-state index >= 15 is 0 Å². The van der Waals surface area contributed by atoms with Crippen molar-refractivity contribution in [3.63, 3.8) is 0 Å². The number of alkyl halides is 2. The van der Waals surface area contributed by atoms with Crippen molar-refractivity contribution >= 4 is 28.6 Å². The lowest BCUT2D eigenvalue weighted by atomic mass is 10.1. The van der Waals surface area contributed by atoms with Crippen LogP contribution in [0, 0.1) is 3.57 Å². The molecule has 1 rings (SSSR count). The van der Waals surface area contributed by atoms with E-state index in [1.165, 1.54) is 6.07 Å². The standard InChI is InChI=1S/C9H9F2IN2O2/c1-16-9(15)4-2-5(12)6(3-13)14-7(4)8(10)11/h2,8H,3,13H2,1H3. The zero-order chi connectivity index (χ0) is 12.3. The fourth-order valence-electron chi connectivity index (χ4n) is 1.13. The highest BCUT2D eigenvalue weighted by molar-refractivity contribution is 14.1. The van der Waals surface area contributed by atoms with Crippen molar-refractivity contribution in [2.45, 2.75) is 13.0 Å². The molecule has 0 atom stereocenters. The van der Waals surface area contributed by atoms with Gasteiger partial charge in [0.1, 0.15) is 5.69 Å². The number of pyridine rings is 1. The number of ether oxygens (including phenoxy) is 1. The van der Waals surface area contributed by atoms with E-state index in [0.29, 0.717) is 9.26 Å². The van der Waals surface area contributed by atoms with E-state index in [1.807, 2.05) is 22.6 Å². The molecule has 0 radical (unpaired) electrons. The largest absolute Gasteiger partial charge is 0.465 e. The minimum absolute atomic E-state index is 0.0411. The lowest BCUT2D eigenvalue weighted by molar-refractivity contribution is 0.0587. The monoisotopic (exact) mass is 342 g/mol. The van der Waals surface area contributed by atoms with Gasteiger partial charge in [-0.1, -0.05) is 0 Å². The summed E-state index contributed by atoms with van der Waals surface area (Å²) in [4.78, 5) is 14.9. The highest BCUT2D eigenvalue weighted by Crippen LogP contribution is 2.24. The van der Waals surface area contributed by atoms with Gasteiger partial charge >= 0.3 is 5.97 Å². The Balaban J connectivity index is 3.36. The Morgan fingerprint density at radius 2 is 2.31 bits per heavy atom. The molecule has 0 aliphatic heterocycles. The van der Waals surface area contributed by atoms with Crippen LogP contribution in [0.1, 0.15) is 28.2 Å². The molecule has 88 valence electrons. The molecule has 0 amide bonds. The number of carbonyl (C=O) groups is 1. The van der Waals surface area contributed by atoms with Gasteiger partial charge < -0.3 is 10.5 Å². The zero-order valence-electron chi connectivity index (χ0n) is 8.34. The van der Waals surface area contributed by atoms with E-state index in [1.54, 1.807) is 0 Å². The van der Waals surface area contributed by atoms with Crippen molar-refractivity contribution in [2.24, 2.45) is 5.73 Å². The molecule has 0 spiro atoms. The smallest absolute Gasteiger partial charge is 0.339 e. The molecule has 0 aliphatic rings. The fourth-order valence-corrected chi connectivity index (χ4v) is 1.78. The van der Waals surface area contributed by atoms with Gasteiger partial charge in [-0.25, -0.2) is 18.6 Å². The molecule has 0 saturated carbocycles. The first-order chi connectivity index (χ1) is 7.51. The molecule has 7 heteroatoms. The topological polar surface area (TPSA) is 65.2 Å². The molecule has 0 bridgehead atoms. The van der Waals surface area contributed by atoms with E-state index in [2.05, 4.69) is 9.72 Å². The third-order valence-corrected chi connectivity index (χ3v) is 2.82. The fraction of sp³-hybridized carbons (Fsp3) is 0.333. The summed E-state index contributed by atoms with van der Waals surface area (Å²) in [7, 11) is 1.13. The number of nitrogens with zero attached hydrogens (tertiary/aromatic N) is 1. The van der Waals surface area contributed by atoms with Crippen molar-refractivity contribution in [2.75, 3.05) is 7.11 Å². The summed E-state index contributed by atoms with van der Waals surface area (Å²) in [5.74, 6) is -0.829. The maximum atomic E-state index is 12.7. The molecule has 16 heavy (non-hydrogen) atoms.